The van der Waals surface area contributed by atoms with Crippen LogP contribution < -0.4 is 9.04 Å². The van der Waals surface area contributed by atoms with E-state index in [9.17, 15) is 13.2 Å². The fourth-order valence-electron chi connectivity index (χ4n) is 2.86. The summed E-state index contributed by atoms with van der Waals surface area (Å²) in [6.07, 6.45) is 2.07. The molecule has 6 nitrogen and oxygen atoms in total. The van der Waals surface area contributed by atoms with E-state index >= 15 is 0 Å². The molecule has 1 fully saturated rings. The van der Waals surface area contributed by atoms with Gasteiger partial charge in [-0.05, 0) is 61.4 Å². The van der Waals surface area contributed by atoms with Crippen molar-refractivity contribution in [3.63, 3.8) is 0 Å². The number of halogens is 1. The number of amides is 1. The van der Waals surface area contributed by atoms with Crippen LogP contribution in [0.1, 0.15) is 12.8 Å². The molecule has 3 rings (SSSR count). The molecule has 0 saturated carbocycles. The van der Waals surface area contributed by atoms with Gasteiger partial charge < -0.3 is 9.64 Å². The van der Waals surface area contributed by atoms with Crippen molar-refractivity contribution >= 4 is 33.2 Å². The molecule has 27 heavy (non-hydrogen) atoms. The van der Waals surface area contributed by atoms with Crippen LogP contribution in [0.3, 0.4) is 0 Å². The number of ether oxygens (including phenoxy) is 1. The predicted molar refractivity (Wildman–Crippen MR) is 105 cm³/mol. The van der Waals surface area contributed by atoms with Gasteiger partial charge in [-0.25, -0.2) is 8.42 Å². The number of benzene rings is 2. The van der Waals surface area contributed by atoms with E-state index in [4.69, 9.17) is 16.3 Å². The number of hydrogen-bond acceptors (Lipinski definition) is 4. The van der Waals surface area contributed by atoms with Crippen LogP contribution >= 0.6 is 11.6 Å². The second-order valence-corrected chi connectivity index (χ2v) is 8.70. The van der Waals surface area contributed by atoms with Gasteiger partial charge in [-0.1, -0.05) is 11.6 Å². The highest BCUT2D eigenvalue weighted by Gasteiger charge is 2.21. The smallest absolute Gasteiger partial charge is 0.264 e. The monoisotopic (exact) mass is 408 g/mol. The summed E-state index contributed by atoms with van der Waals surface area (Å²) < 4.78 is 32.1. The van der Waals surface area contributed by atoms with Gasteiger partial charge in [0.1, 0.15) is 5.75 Å². The van der Waals surface area contributed by atoms with Crippen molar-refractivity contribution in [2.24, 2.45) is 0 Å². The largest absolute Gasteiger partial charge is 0.484 e. The van der Waals surface area contributed by atoms with Gasteiger partial charge >= 0.3 is 0 Å². The Labute approximate surface area is 164 Å². The average molecular weight is 409 g/mol. The van der Waals surface area contributed by atoms with E-state index in [-0.39, 0.29) is 17.4 Å². The van der Waals surface area contributed by atoms with Gasteiger partial charge in [0.15, 0.2) is 6.61 Å². The summed E-state index contributed by atoms with van der Waals surface area (Å²) in [5, 5.41) is 0.474. The summed E-state index contributed by atoms with van der Waals surface area (Å²) in [4.78, 5) is 14.0. The molecule has 1 amide bonds. The Balaban J connectivity index is 1.65. The third kappa shape index (κ3) is 4.54. The third-order valence-corrected chi connectivity index (χ3v) is 6.55. The second kappa shape index (κ2) is 8.19. The first kappa shape index (κ1) is 19.5. The van der Waals surface area contributed by atoms with E-state index in [1.165, 1.54) is 35.6 Å². The van der Waals surface area contributed by atoms with Crippen LogP contribution in [0.5, 0.6) is 5.75 Å². The minimum Gasteiger partial charge on any atom is -0.484 e. The molecular weight excluding hydrogens is 388 g/mol. The van der Waals surface area contributed by atoms with Gasteiger partial charge in [0.25, 0.3) is 15.9 Å². The summed E-state index contributed by atoms with van der Waals surface area (Å²) >= 11 is 5.82. The van der Waals surface area contributed by atoms with Crippen LogP contribution in [0.4, 0.5) is 5.69 Å². The van der Waals surface area contributed by atoms with Gasteiger partial charge in [-0.15, -0.1) is 0 Å². The summed E-state index contributed by atoms with van der Waals surface area (Å²) in [5.41, 5.74) is 0.489. The molecule has 0 radical (unpaired) electrons. The molecule has 1 saturated heterocycles. The first-order valence-corrected chi connectivity index (χ1v) is 10.4. The Bertz CT molecular complexity index is 892. The summed E-state index contributed by atoms with van der Waals surface area (Å²) in [7, 11) is -2.20. The van der Waals surface area contributed by atoms with Crippen molar-refractivity contribution in [3.05, 3.63) is 53.6 Å². The van der Waals surface area contributed by atoms with E-state index < -0.39 is 10.0 Å². The molecule has 8 heteroatoms. The number of carbonyl (C=O) groups excluding carboxylic acids is 1. The topological polar surface area (TPSA) is 66.9 Å². The van der Waals surface area contributed by atoms with Gasteiger partial charge in [0, 0.05) is 25.2 Å². The first-order chi connectivity index (χ1) is 12.9. The second-order valence-electron chi connectivity index (χ2n) is 6.30. The number of hydrogen-bond donors (Lipinski definition) is 0. The number of carbonyl (C=O) groups is 1. The zero-order chi connectivity index (χ0) is 19.4. The maximum absolute atomic E-state index is 12.7. The summed E-state index contributed by atoms with van der Waals surface area (Å²) in [5.74, 6) is 0.489. The molecule has 0 atom stereocenters. The SMILES string of the molecule is CN(c1ccc(OCC(=O)N2CCCC2)cc1)S(=O)(=O)c1ccc(Cl)cc1. The lowest BCUT2D eigenvalue weighted by atomic mass is 10.3. The Kier molecular flexibility index (Phi) is 5.92. The van der Waals surface area contributed by atoms with Gasteiger partial charge in [0.05, 0.1) is 10.6 Å². The van der Waals surface area contributed by atoms with Crippen LogP contribution in [0.15, 0.2) is 53.4 Å². The quantitative estimate of drug-likeness (QED) is 0.736. The Morgan fingerprint density at radius 2 is 1.67 bits per heavy atom. The molecular formula is C19H21ClN2O4S. The van der Waals surface area contributed by atoms with Crippen molar-refractivity contribution in [2.75, 3.05) is 31.0 Å². The maximum atomic E-state index is 12.7. The molecule has 2 aromatic rings. The van der Waals surface area contributed by atoms with E-state index in [1.54, 1.807) is 29.2 Å². The minimum absolute atomic E-state index is 0.0156. The average Bonchev–Trinajstić information content (AvgIpc) is 3.21. The van der Waals surface area contributed by atoms with Crippen LogP contribution in [-0.4, -0.2) is 46.0 Å². The Morgan fingerprint density at radius 1 is 1.07 bits per heavy atom. The van der Waals surface area contributed by atoms with Crippen LogP contribution in [-0.2, 0) is 14.8 Å². The fourth-order valence-corrected chi connectivity index (χ4v) is 4.18. The molecule has 0 aromatic heterocycles. The van der Waals surface area contributed by atoms with Crippen LogP contribution in [0.25, 0.3) is 0 Å². The van der Waals surface area contributed by atoms with E-state index in [2.05, 4.69) is 0 Å². The predicted octanol–water partition coefficient (Wildman–Crippen LogP) is 3.17. The standard InChI is InChI=1S/C19H21ClN2O4S/c1-21(27(24,25)18-10-4-15(20)5-11-18)16-6-8-17(9-7-16)26-14-19(23)22-12-2-3-13-22/h4-11H,2-3,12-14H2,1H3. The molecule has 1 heterocycles. The molecule has 0 N–H and O–H groups in total. The number of likely N-dealkylation sites (tertiary alicyclic amines) is 1. The molecule has 1 aliphatic heterocycles. The highest BCUT2D eigenvalue weighted by Crippen LogP contribution is 2.25. The third-order valence-electron chi connectivity index (χ3n) is 4.49. The van der Waals surface area contributed by atoms with Crippen molar-refractivity contribution in [1.82, 2.24) is 4.90 Å². The highest BCUT2D eigenvalue weighted by molar-refractivity contribution is 7.92. The maximum Gasteiger partial charge on any atom is 0.264 e. The van der Waals surface area contributed by atoms with Crippen LogP contribution in [0, 0.1) is 0 Å². The van der Waals surface area contributed by atoms with E-state index in [1.807, 2.05) is 0 Å². The Morgan fingerprint density at radius 3 is 2.26 bits per heavy atom. The zero-order valence-electron chi connectivity index (χ0n) is 15.0. The zero-order valence-corrected chi connectivity index (χ0v) is 16.5. The molecule has 0 bridgehead atoms. The Hall–Kier alpha value is -2.25. The summed E-state index contributed by atoms with van der Waals surface area (Å²) in [6.45, 7) is 1.56. The highest BCUT2D eigenvalue weighted by atomic mass is 35.5. The number of sulfonamides is 1. The molecule has 144 valence electrons. The lowest BCUT2D eigenvalue weighted by molar-refractivity contribution is -0.132. The van der Waals surface area contributed by atoms with Crippen molar-refractivity contribution in [1.29, 1.82) is 0 Å². The van der Waals surface area contributed by atoms with Crippen molar-refractivity contribution in [2.45, 2.75) is 17.7 Å². The summed E-state index contributed by atoms with van der Waals surface area (Å²) in [6, 6.07) is 12.6. The lowest BCUT2D eigenvalue weighted by Crippen LogP contribution is -2.32. The van der Waals surface area contributed by atoms with Crippen LogP contribution in [0.2, 0.25) is 5.02 Å². The molecule has 0 aliphatic carbocycles. The van der Waals surface area contributed by atoms with Crippen molar-refractivity contribution in [3.8, 4) is 5.75 Å². The number of rotatable bonds is 6. The van der Waals surface area contributed by atoms with E-state index in [0.717, 1.165) is 25.9 Å². The van der Waals surface area contributed by atoms with E-state index in [0.29, 0.717) is 16.5 Å². The number of nitrogens with zero attached hydrogens (tertiary/aromatic N) is 2. The molecule has 2 aromatic carbocycles. The molecule has 1 aliphatic rings. The minimum atomic E-state index is -3.69. The molecule has 0 unspecified atom stereocenters. The van der Waals surface area contributed by atoms with Gasteiger partial charge in [0.2, 0.25) is 0 Å². The molecule has 0 spiro atoms. The first-order valence-electron chi connectivity index (χ1n) is 8.63. The lowest BCUT2D eigenvalue weighted by Gasteiger charge is -2.20. The van der Waals surface area contributed by atoms with Crippen molar-refractivity contribution < 1.29 is 17.9 Å². The fraction of sp³-hybridized carbons (Fsp3) is 0.316. The normalized spacial score (nSPS) is 14.2. The number of anilines is 1. The van der Waals surface area contributed by atoms with Gasteiger partial charge in [-0.2, -0.15) is 0 Å². The van der Waals surface area contributed by atoms with Gasteiger partial charge in [-0.3, -0.25) is 9.10 Å².